The van der Waals surface area contributed by atoms with Crippen molar-refractivity contribution in [3.63, 3.8) is 0 Å². The third-order valence-corrected chi connectivity index (χ3v) is 3.68. The van der Waals surface area contributed by atoms with Gasteiger partial charge >= 0.3 is 0 Å². The monoisotopic (exact) mass is 270 g/mol. The van der Waals surface area contributed by atoms with E-state index in [2.05, 4.69) is 15.9 Å². The zero-order valence-corrected chi connectivity index (χ0v) is 10.3. The summed E-state index contributed by atoms with van der Waals surface area (Å²) < 4.78 is 6.35. The Bertz CT molecular complexity index is 326. The predicted octanol–water partition coefficient (Wildman–Crippen LogP) is 2.69. The Morgan fingerprint density at radius 2 is 2.07 bits per heavy atom. The summed E-state index contributed by atoms with van der Waals surface area (Å²) in [5.74, 6) is 0.207. The van der Waals surface area contributed by atoms with Crippen molar-refractivity contribution in [3.8, 4) is 0 Å². The standard InChI is InChI=1S/C12H15BrO2/c1-12(14,10-6-7-15-8-10)9-2-4-11(13)5-3-9/h2-5,10,14H,6-8H2,1H3. The Morgan fingerprint density at radius 3 is 2.60 bits per heavy atom. The predicted molar refractivity (Wildman–Crippen MR) is 62.6 cm³/mol. The van der Waals surface area contributed by atoms with Gasteiger partial charge in [0.15, 0.2) is 0 Å². The highest BCUT2D eigenvalue weighted by Crippen LogP contribution is 2.34. The van der Waals surface area contributed by atoms with E-state index in [9.17, 15) is 5.11 Å². The molecule has 2 unspecified atom stereocenters. The third-order valence-electron chi connectivity index (χ3n) is 3.15. The molecule has 0 spiro atoms. The van der Waals surface area contributed by atoms with Crippen molar-refractivity contribution >= 4 is 15.9 Å². The maximum atomic E-state index is 10.5. The van der Waals surface area contributed by atoms with Gasteiger partial charge in [0.1, 0.15) is 0 Å². The zero-order valence-electron chi connectivity index (χ0n) is 8.74. The lowest BCUT2D eigenvalue weighted by atomic mass is 9.82. The van der Waals surface area contributed by atoms with Crippen molar-refractivity contribution in [1.29, 1.82) is 0 Å². The molecule has 0 radical (unpaired) electrons. The van der Waals surface area contributed by atoms with Crippen LogP contribution in [0.5, 0.6) is 0 Å². The summed E-state index contributed by atoms with van der Waals surface area (Å²) in [6.45, 7) is 3.29. The highest BCUT2D eigenvalue weighted by molar-refractivity contribution is 9.10. The van der Waals surface area contributed by atoms with Gasteiger partial charge in [0.05, 0.1) is 12.2 Å². The van der Waals surface area contributed by atoms with Crippen LogP contribution in [-0.2, 0) is 10.3 Å². The second-order valence-electron chi connectivity index (χ2n) is 4.21. The van der Waals surface area contributed by atoms with Gasteiger partial charge in [0.25, 0.3) is 0 Å². The maximum absolute atomic E-state index is 10.5. The first-order valence-corrected chi connectivity index (χ1v) is 5.96. The second-order valence-corrected chi connectivity index (χ2v) is 5.13. The molecule has 1 aromatic carbocycles. The van der Waals surface area contributed by atoms with Gasteiger partial charge in [-0.25, -0.2) is 0 Å². The number of hydrogen-bond donors (Lipinski definition) is 1. The fourth-order valence-corrected chi connectivity index (χ4v) is 2.27. The maximum Gasteiger partial charge on any atom is 0.0919 e. The average Bonchev–Trinajstić information content (AvgIpc) is 2.71. The van der Waals surface area contributed by atoms with Gasteiger partial charge < -0.3 is 9.84 Å². The first-order valence-electron chi connectivity index (χ1n) is 5.17. The highest BCUT2D eigenvalue weighted by atomic mass is 79.9. The summed E-state index contributed by atoms with van der Waals surface area (Å²) in [6.07, 6.45) is 0.934. The van der Waals surface area contributed by atoms with Crippen molar-refractivity contribution in [2.24, 2.45) is 5.92 Å². The summed E-state index contributed by atoms with van der Waals surface area (Å²) in [4.78, 5) is 0. The Balaban J connectivity index is 2.23. The fourth-order valence-electron chi connectivity index (χ4n) is 2.00. The van der Waals surface area contributed by atoms with Crippen molar-refractivity contribution in [2.45, 2.75) is 18.9 Å². The van der Waals surface area contributed by atoms with Crippen LogP contribution < -0.4 is 0 Å². The Labute approximate surface area is 98.4 Å². The number of benzene rings is 1. The minimum absolute atomic E-state index is 0.207. The smallest absolute Gasteiger partial charge is 0.0919 e. The Morgan fingerprint density at radius 1 is 1.40 bits per heavy atom. The lowest BCUT2D eigenvalue weighted by Gasteiger charge is -2.29. The van der Waals surface area contributed by atoms with Crippen LogP contribution in [0.3, 0.4) is 0 Å². The van der Waals surface area contributed by atoms with Crippen LogP contribution in [0.4, 0.5) is 0 Å². The summed E-state index contributed by atoms with van der Waals surface area (Å²) in [7, 11) is 0. The van der Waals surface area contributed by atoms with Crippen molar-refractivity contribution in [3.05, 3.63) is 34.3 Å². The summed E-state index contributed by atoms with van der Waals surface area (Å²) in [5, 5.41) is 10.5. The first-order chi connectivity index (χ1) is 7.10. The topological polar surface area (TPSA) is 29.5 Å². The molecule has 0 amide bonds. The quantitative estimate of drug-likeness (QED) is 0.896. The molecule has 82 valence electrons. The fraction of sp³-hybridized carbons (Fsp3) is 0.500. The molecule has 2 nitrogen and oxygen atoms in total. The summed E-state index contributed by atoms with van der Waals surface area (Å²) >= 11 is 3.39. The largest absolute Gasteiger partial charge is 0.385 e. The summed E-state index contributed by atoms with van der Waals surface area (Å²) in [5.41, 5.74) is 0.179. The van der Waals surface area contributed by atoms with Crippen LogP contribution in [0.1, 0.15) is 18.9 Å². The van der Waals surface area contributed by atoms with Crippen molar-refractivity contribution in [1.82, 2.24) is 0 Å². The SMILES string of the molecule is CC(O)(c1ccc(Br)cc1)C1CCOC1. The minimum atomic E-state index is -0.781. The molecule has 15 heavy (non-hydrogen) atoms. The number of rotatable bonds is 2. The van der Waals surface area contributed by atoms with E-state index in [0.717, 1.165) is 23.1 Å². The van der Waals surface area contributed by atoms with Crippen LogP contribution >= 0.6 is 15.9 Å². The molecule has 2 rings (SSSR count). The molecule has 1 heterocycles. The van der Waals surface area contributed by atoms with Crippen LogP contribution in [-0.4, -0.2) is 18.3 Å². The van der Waals surface area contributed by atoms with Crippen LogP contribution in [0.2, 0.25) is 0 Å². The molecule has 1 aromatic rings. The lowest BCUT2D eigenvalue weighted by Crippen LogP contribution is -2.32. The van der Waals surface area contributed by atoms with Crippen molar-refractivity contribution in [2.75, 3.05) is 13.2 Å². The zero-order chi connectivity index (χ0) is 10.9. The van der Waals surface area contributed by atoms with E-state index >= 15 is 0 Å². The van der Waals surface area contributed by atoms with E-state index < -0.39 is 5.60 Å². The molecule has 1 N–H and O–H groups in total. The molecule has 3 heteroatoms. The number of halogens is 1. The van der Waals surface area contributed by atoms with Gasteiger partial charge in [-0.1, -0.05) is 28.1 Å². The van der Waals surface area contributed by atoms with E-state index in [1.165, 1.54) is 0 Å². The Hall–Kier alpha value is -0.380. The molecule has 1 fully saturated rings. The van der Waals surface area contributed by atoms with Gasteiger partial charge in [-0.3, -0.25) is 0 Å². The first kappa shape index (κ1) is 11.1. The molecule has 0 aliphatic carbocycles. The van der Waals surface area contributed by atoms with Crippen LogP contribution in [0.25, 0.3) is 0 Å². The van der Waals surface area contributed by atoms with E-state index in [0.29, 0.717) is 6.61 Å². The van der Waals surface area contributed by atoms with Gasteiger partial charge in [-0.05, 0) is 31.0 Å². The van der Waals surface area contributed by atoms with E-state index in [-0.39, 0.29) is 5.92 Å². The van der Waals surface area contributed by atoms with E-state index in [4.69, 9.17) is 4.74 Å². The molecule has 1 aliphatic rings. The number of aliphatic hydroxyl groups is 1. The molecular weight excluding hydrogens is 256 g/mol. The van der Waals surface area contributed by atoms with Crippen LogP contribution in [0.15, 0.2) is 28.7 Å². The number of hydrogen-bond acceptors (Lipinski definition) is 2. The Kier molecular flexibility index (Phi) is 3.14. The molecule has 0 bridgehead atoms. The van der Waals surface area contributed by atoms with Gasteiger partial charge in [0.2, 0.25) is 0 Å². The lowest BCUT2D eigenvalue weighted by molar-refractivity contribution is -0.00971. The average molecular weight is 271 g/mol. The number of ether oxygens (including phenoxy) is 1. The van der Waals surface area contributed by atoms with E-state index in [1.807, 2.05) is 31.2 Å². The second kappa shape index (κ2) is 4.24. The molecule has 1 saturated heterocycles. The van der Waals surface area contributed by atoms with Gasteiger partial charge in [0, 0.05) is 17.0 Å². The molecule has 0 saturated carbocycles. The van der Waals surface area contributed by atoms with Gasteiger partial charge in [-0.15, -0.1) is 0 Å². The molecule has 0 aromatic heterocycles. The van der Waals surface area contributed by atoms with Crippen LogP contribution in [0, 0.1) is 5.92 Å². The third kappa shape index (κ3) is 2.25. The van der Waals surface area contributed by atoms with Gasteiger partial charge in [-0.2, -0.15) is 0 Å². The van der Waals surface area contributed by atoms with Crippen molar-refractivity contribution < 1.29 is 9.84 Å². The molecular formula is C12H15BrO2. The molecule has 1 aliphatic heterocycles. The normalized spacial score (nSPS) is 25.1. The highest BCUT2D eigenvalue weighted by Gasteiger charge is 2.36. The minimum Gasteiger partial charge on any atom is -0.385 e. The molecule has 2 atom stereocenters. The van der Waals surface area contributed by atoms with E-state index in [1.54, 1.807) is 0 Å². The summed E-state index contributed by atoms with van der Waals surface area (Å²) in [6, 6.07) is 7.84.